The number of aliphatic hydroxyl groups is 1. The maximum atomic E-state index is 11.5. The van der Waals surface area contributed by atoms with Gasteiger partial charge in [0.2, 0.25) is 0 Å². The van der Waals surface area contributed by atoms with Crippen molar-refractivity contribution in [1.29, 1.82) is 0 Å². The number of anilines is 1. The number of aromatic amines is 1. The van der Waals surface area contributed by atoms with Gasteiger partial charge in [0.25, 0.3) is 5.56 Å². The Bertz CT molecular complexity index is 489. The van der Waals surface area contributed by atoms with E-state index >= 15 is 0 Å². The molecule has 0 spiro atoms. The molecule has 0 atom stereocenters. The highest BCUT2D eigenvalue weighted by molar-refractivity contribution is 5.34. The van der Waals surface area contributed by atoms with Gasteiger partial charge in [0, 0.05) is 25.1 Å². The number of nitrogens with one attached hydrogen (secondary N) is 2. The van der Waals surface area contributed by atoms with E-state index in [4.69, 9.17) is 5.11 Å². The predicted octanol–water partition coefficient (Wildman–Crippen LogP) is 1.22. The van der Waals surface area contributed by atoms with E-state index in [-0.39, 0.29) is 17.6 Å². The predicted molar refractivity (Wildman–Crippen MR) is 68.7 cm³/mol. The van der Waals surface area contributed by atoms with Crippen molar-refractivity contribution in [3.8, 4) is 0 Å². The summed E-state index contributed by atoms with van der Waals surface area (Å²) in [4.78, 5) is 18.8. The van der Waals surface area contributed by atoms with Crippen LogP contribution in [0.5, 0.6) is 0 Å². The molecular formula is C13H19N3O2. The lowest BCUT2D eigenvalue weighted by Gasteiger charge is -2.15. The molecule has 18 heavy (non-hydrogen) atoms. The number of H-pyrrole nitrogens is 1. The van der Waals surface area contributed by atoms with Crippen LogP contribution >= 0.6 is 0 Å². The molecule has 2 saturated carbocycles. The maximum absolute atomic E-state index is 11.5. The van der Waals surface area contributed by atoms with E-state index in [0.29, 0.717) is 11.7 Å². The summed E-state index contributed by atoms with van der Waals surface area (Å²) in [5.41, 5.74) is 0.153. The van der Waals surface area contributed by atoms with E-state index in [1.807, 2.05) is 0 Å². The summed E-state index contributed by atoms with van der Waals surface area (Å²) >= 11 is 0. The third kappa shape index (κ3) is 2.56. The van der Waals surface area contributed by atoms with Gasteiger partial charge in [-0.3, -0.25) is 4.79 Å². The zero-order chi connectivity index (χ0) is 12.6. The van der Waals surface area contributed by atoms with Crippen LogP contribution in [0.15, 0.2) is 10.9 Å². The van der Waals surface area contributed by atoms with Crippen LogP contribution in [0.4, 0.5) is 5.82 Å². The number of hydrogen-bond donors (Lipinski definition) is 3. The third-order valence-corrected chi connectivity index (χ3v) is 3.97. The lowest BCUT2D eigenvalue weighted by molar-refractivity contribution is 0.253. The summed E-state index contributed by atoms with van der Waals surface area (Å²) in [6.45, 7) is 1.03. The molecule has 0 aromatic carbocycles. The highest BCUT2D eigenvalue weighted by Gasteiger charge is 2.41. The van der Waals surface area contributed by atoms with Crippen molar-refractivity contribution in [2.75, 3.05) is 18.5 Å². The Morgan fingerprint density at radius 2 is 2.28 bits per heavy atom. The van der Waals surface area contributed by atoms with Crippen LogP contribution in [0.3, 0.4) is 0 Å². The first-order valence-corrected chi connectivity index (χ1v) is 6.67. The summed E-state index contributed by atoms with van der Waals surface area (Å²) in [5, 5.41) is 12.3. The second-order valence-electron chi connectivity index (χ2n) is 5.62. The Morgan fingerprint density at radius 3 is 2.89 bits per heavy atom. The Labute approximate surface area is 106 Å². The SMILES string of the molecule is O=c1cc(NCC2(CCO)CC2)nc(C2CC2)[nH]1. The molecule has 3 N–H and O–H groups in total. The molecule has 0 aliphatic heterocycles. The lowest BCUT2D eigenvalue weighted by atomic mass is 10.0. The molecule has 5 heteroatoms. The van der Waals surface area contributed by atoms with Crippen molar-refractivity contribution in [2.24, 2.45) is 5.41 Å². The highest BCUT2D eigenvalue weighted by atomic mass is 16.3. The molecule has 1 aromatic heterocycles. The second-order valence-corrected chi connectivity index (χ2v) is 5.62. The molecule has 0 saturated heterocycles. The third-order valence-electron chi connectivity index (χ3n) is 3.97. The van der Waals surface area contributed by atoms with Gasteiger partial charge in [-0.25, -0.2) is 4.98 Å². The minimum Gasteiger partial charge on any atom is -0.396 e. The van der Waals surface area contributed by atoms with Crippen LogP contribution in [0.1, 0.15) is 43.8 Å². The molecule has 0 bridgehead atoms. The highest BCUT2D eigenvalue weighted by Crippen LogP contribution is 2.48. The van der Waals surface area contributed by atoms with Gasteiger partial charge in [-0.1, -0.05) is 0 Å². The van der Waals surface area contributed by atoms with Gasteiger partial charge in [-0.05, 0) is 37.5 Å². The van der Waals surface area contributed by atoms with Gasteiger partial charge < -0.3 is 15.4 Å². The van der Waals surface area contributed by atoms with Gasteiger partial charge >= 0.3 is 0 Å². The first-order valence-electron chi connectivity index (χ1n) is 6.67. The Kier molecular flexibility index (Phi) is 2.86. The van der Waals surface area contributed by atoms with Crippen molar-refractivity contribution < 1.29 is 5.11 Å². The van der Waals surface area contributed by atoms with Gasteiger partial charge in [0.05, 0.1) is 0 Å². The van der Waals surface area contributed by atoms with Crippen molar-refractivity contribution in [2.45, 2.75) is 38.0 Å². The topological polar surface area (TPSA) is 78.0 Å². The minimum atomic E-state index is -0.0820. The first-order chi connectivity index (χ1) is 8.71. The fourth-order valence-electron chi connectivity index (χ4n) is 2.32. The van der Waals surface area contributed by atoms with Gasteiger partial charge in [-0.2, -0.15) is 0 Å². The molecule has 0 radical (unpaired) electrons. The molecule has 2 aliphatic rings. The molecule has 0 unspecified atom stereocenters. The fourth-order valence-corrected chi connectivity index (χ4v) is 2.32. The zero-order valence-corrected chi connectivity index (χ0v) is 10.4. The van der Waals surface area contributed by atoms with E-state index in [2.05, 4.69) is 15.3 Å². The van der Waals surface area contributed by atoms with E-state index in [9.17, 15) is 4.79 Å². The fraction of sp³-hybridized carbons (Fsp3) is 0.692. The molecule has 3 rings (SSSR count). The van der Waals surface area contributed by atoms with Crippen LogP contribution in [-0.4, -0.2) is 28.2 Å². The average molecular weight is 249 g/mol. The summed E-state index contributed by atoms with van der Waals surface area (Å²) in [6.07, 6.45) is 5.39. The van der Waals surface area contributed by atoms with E-state index in [0.717, 1.165) is 44.5 Å². The minimum absolute atomic E-state index is 0.0820. The smallest absolute Gasteiger partial charge is 0.252 e. The van der Waals surface area contributed by atoms with Gasteiger partial charge in [0.15, 0.2) is 0 Å². The Hall–Kier alpha value is -1.36. The molecule has 2 fully saturated rings. The molecule has 2 aliphatic carbocycles. The van der Waals surface area contributed by atoms with Crippen molar-refractivity contribution in [3.63, 3.8) is 0 Å². The largest absolute Gasteiger partial charge is 0.396 e. The molecule has 5 nitrogen and oxygen atoms in total. The average Bonchev–Trinajstić information content (AvgIpc) is 3.22. The van der Waals surface area contributed by atoms with Crippen LogP contribution in [0.25, 0.3) is 0 Å². The van der Waals surface area contributed by atoms with Gasteiger partial charge in [0.1, 0.15) is 11.6 Å². The van der Waals surface area contributed by atoms with Crippen LogP contribution < -0.4 is 10.9 Å². The van der Waals surface area contributed by atoms with Crippen LogP contribution in [0.2, 0.25) is 0 Å². The summed E-state index contributed by atoms with van der Waals surface area (Å²) in [7, 11) is 0. The van der Waals surface area contributed by atoms with Crippen LogP contribution in [0, 0.1) is 5.41 Å². The Morgan fingerprint density at radius 1 is 1.50 bits per heavy atom. The number of hydrogen-bond acceptors (Lipinski definition) is 4. The summed E-state index contributed by atoms with van der Waals surface area (Å²) in [5.74, 6) is 1.94. The normalized spacial score (nSPS) is 20.7. The number of aliphatic hydroxyl groups excluding tert-OH is 1. The quantitative estimate of drug-likeness (QED) is 0.708. The zero-order valence-electron chi connectivity index (χ0n) is 10.4. The van der Waals surface area contributed by atoms with Crippen molar-refractivity contribution >= 4 is 5.82 Å². The van der Waals surface area contributed by atoms with Crippen LogP contribution in [-0.2, 0) is 0 Å². The number of nitrogens with zero attached hydrogens (tertiary/aromatic N) is 1. The Balaban J connectivity index is 1.67. The molecule has 0 amide bonds. The van der Waals surface area contributed by atoms with E-state index in [1.54, 1.807) is 0 Å². The molecular weight excluding hydrogens is 230 g/mol. The summed E-state index contributed by atoms with van der Waals surface area (Å²) < 4.78 is 0. The van der Waals surface area contributed by atoms with E-state index < -0.39 is 0 Å². The summed E-state index contributed by atoms with van der Waals surface area (Å²) in [6, 6.07) is 1.51. The molecule has 1 heterocycles. The van der Waals surface area contributed by atoms with E-state index in [1.165, 1.54) is 6.07 Å². The standard InChI is InChI=1S/C13H19N3O2/c17-6-5-13(3-4-13)8-14-10-7-11(18)16-12(15-10)9-1-2-9/h7,9,17H,1-6,8H2,(H2,14,15,16,18). The second kappa shape index (κ2) is 4.39. The number of aromatic nitrogens is 2. The van der Waals surface area contributed by atoms with Gasteiger partial charge in [-0.15, -0.1) is 0 Å². The lowest BCUT2D eigenvalue weighted by Crippen LogP contribution is -2.20. The van der Waals surface area contributed by atoms with Crippen molar-refractivity contribution in [1.82, 2.24) is 9.97 Å². The monoisotopic (exact) mass is 249 g/mol. The maximum Gasteiger partial charge on any atom is 0.252 e. The van der Waals surface area contributed by atoms with Crippen molar-refractivity contribution in [3.05, 3.63) is 22.2 Å². The molecule has 1 aromatic rings. The molecule has 98 valence electrons. The number of rotatable bonds is 6. The first kappa shape index (κ1) is 11.7.